The van der Waals surface area contributed by atoms with E-state index >= 15 is 0 Å². The van der Waals surface area contributed by atoms with Crippen molar-refractivity contribution in [2.75, 3.05) is 0 Å². The predicted molar refractivity (Wildman–Crippen MR) is 197 cm³/mol. The number of carbonyl (C=O) groups is 2. The van der Waals surface area contributed by atoms with Crippen LogP contribution in [-0.2, 0) is 31.9 Å². The highest BCUT2D eigenvalue weighted by Gasteiger charge is 2.52. The van der Waals surface area contributed by atoms with Gasteiger partial charge in [0.05, 0.1) is 11.2 Å². The summed E-state index contributed by atoms with van der Waals surface area (Å²) < 4.78 is 24.1. The Bertz CT molecular complexity index is 1760. The van der Waals surface area contributed by atoms with Gasteiger partial charge in [-0.15, -0.1) is 0 Å². The van der Waals surface area contributed by atoms with Crippen LogP contribution in [0.3, 0.4) is 0 Å². The van der Waals surface area contributed by atoms with E-state index in [1.54, 1.807) is 0 Å². The third-order valence-electron chi connectivity index (χ3n) is 8.16. The van der Waals surface area contributed by atoms with Crippen molar-refractivity contribution < 1.29 is 28.4 Å². The quantitative estimate of drug-likeness (QED) is 0.200. The van der Waals surface area contributed by atoms with Gasteiger partial charge < -0.3 is 29.4 Å². The molecule has 1 heterocycles. The van der Waals surface area contributed by atoms with Gasteiger partial charge in [-0.1, -0.05) is 82.7 Å². The van der Waals surface area contributed by atoms with Crippen LogP contribution in [0.15, 0.2) is 77.3 Å². The van der Waals surface area contributed by atoms with Crippen molar-refractivity contribution in [3.8, 4) is 0 Å². The van der Waals surface area contributed by atoms with Gasteiger partial charge in [0.25, 0.3) is 0 Å². The molecule has 0 saturated carbocycles. The number of halogens is 1. The summed E-state index contributed by atoms with van der Waals surface area (Å²) in [7, 11) is -0.428. The van der Waals surface area contributed by atoms with Crippen molar-refractivity contribution in [3.63, 3.8) is 0 Å². The first-order chi connectivity index (χ1) is 22.3. The maximum absolute atomic E-state index is 12.0. The SMILES string of the molecule is CC(C)(C)OC(=O)NCc1ccc(B2OC(C)(C)C(C)(C)O2)c2ccccc12.CC(C)(C)OC(=O)NCc1ccc(Br)c2ccccc12. The van der Waals surface area contributed by atoms with Crippen LogP contribution < -0.4 is 16.1 Å². The second-order valence-corrected chi connectivity index (χ2v) is 15.8. The molecule has 8 nitrogen and oxygen atoms in total. The van der Waals surface area contributed by atoms with E-state index in [2.05, 4.69) is 44.8 Å². The molecule has 0 aliphatic carbocycles. The Morgan fingerprint density at radius 2 is 1.04 bits per heavy atom. The molecule has 0 spiro atoms. The summed E-state index contributed by atoms with van der Waals surface area (Å²) in [6, 6.07) is 24.2. The fourth-order valence-electron chi connectivity index (χ4n) is 5.16. The molecule has 1 fully saturated rings. The zero-order chi connectivity index (χ0) is 35.5. The van der Waals surface area contributed by atoms with E-state index in [1.165, 1.54) is 0 Å². The highest BCUT2D eigenvalue weighted by Crippen LogP contribution is 2.37. The van der Waals surface area contributed by atoms with Crippen LogP contribution in [0.4, 0.5) is 9.59 Å². The molecule has 2 N–H and O–H groups in total. The van der Waals surface area contributed by atoms with Crippen LogP contribution in [0.25, 0.3) is 21.5 Å². The summed E-state index contributed by atoms with van der Waals surface area (Å²) in [5, 5.41) is 10.0. The number of ether oxygens (including phenoxy) is 2. The highest BCUT2D eigenvalue weighted by molar-refractivity contribution is 9.10. The van der Waals surface area contributed by atoms with E-state index in [4.69, 9.17) is 18.8 Å². The van der Waals surface area contributed by atoms with Crippen molar-refractivity contribution >= 4 is 62.2 Å². The summed E-state index contributed by atoms with van der Waals surface area (Å²) >= 11 is 3.54. The van der Waals surface area contributed by atoms with Crippen LogP contribution >= 0.6 is 15.9 Å². The van der Waals surface area contributed by atoms with Crippen LogP contribution in [-0.4, -0.2) is 41.7 Å². The van der Waals surface area contributed by atoms with Gasteiger partial charge in [0.1, 0.15) is 11.2 Å². The van der Waals surface area contributed by atoms with Crippen molar-refractivity contribution in [1.82, 2.24) is 10.6 Å². The number of benzene rings is 4. The van der Waals surface area contributed by atoms with Gasteiger partial charge in [0.15, 0.2) is 0 Å². The monoisotopic (exact) mass is 718 g/mol. The van der Waals surface area contributed by atoms with Gasteiger partial charge in [-0.2, -0.15) is 0 Å². The van der Waals surface area contributed by atoms with E-state index in [-0.39, 0.29) is 0 Å². The molecule has 256 valence electrons. The molecule has 1 saturated heterocycles. The Hall–Kier alpha value is -3.60. The van der Waals surface area contributed by atoms with E-state index < -0.39 is 41.7 Å². The molecule has 0 radical (unpaired) electrons. The van der Waals surface area contributed by atoms with E-state index in [0.29, 0.717) is 13.1 Å². The Kier molecular flexibility index (Phi) is 11.2. The van der Waals surface area contributed by atoms with E-state index in [1.807, 2.05) is 124 Å². The van der Waals surface area contributed by atoms with Crippen LogP contribution in [0, 0.1) is 0 Å². The zero-order valence-corrected chi connectivity index (χ0v) is 31.3. The van der Waals surface area contributed by atoms with Gasteiger partial charge in [-0.25, -0.2) is 9.59 Å². The third-order valence-corrected chi connectivity index (χ3v) is 8.85. The fourth-order valence-corrected chi connectivity index (χ4v) is 5.63. The largest absolute Gasteiger partial charge is 0.495 e. The lowest BCUT2D eigenvalue weighted by molar-refractivity contribution is 0.00578. The van der Waals surface area contributed by atoms with E-state index in [0.717, 1.165) is 42.6 Å². The maximum atomic E-state index is 12.0. The zero-order valence-electron chi connectivity index (χ0n) is 29.7. The second-order valence-electron chi connectivity index (χ2n) is 14.9. The summed E-state index contributed by atoms with van der Waals surface area (Å²) in [5.41, 5.74) is 1.29. The summed E-state index contributed by atoms with van der Waals surface area (Å²) in [6.45, 7) is 20.1. The molecule has 2 amide bonds. The van der Waals surface area contributed by atoms with Gasteiger partial charge in [0.2, 0.25) is 0 Å². The minimum absolute atomic E-state index is 0.388. The van der Waals surface area contributed by atoms with Gasteiger partial charge in [-0.05, 0) is 113 Å². The fraction of sp³-hybridized carbons (Fsp3) is 0.421. The Morgan fingerprint density at radius 3 is 1.50 bits per heavy atom. The summed E-state index contributed by atoms with van der Waals surface area (Å²) in [5.74, 6) is 0. The van der Waals surface area contributed by atoms with E-state index in [9.17, 15) is 9.59 Å². The Morgan fingerprint density at radius 1 is 0.646 bits per heavy atom. The lowest BCUT2D eigenvalue weighted by atomic mass is 9.75. The van der Waals surface area contributed by atoms with Crippen molar-refractivity contribution in [2.24, 2.45) is 0 Å². The van der Waals surface area contributed by atoms with Crippen molar-refractivity contribution in [2.45, 2.75) is 105 Å². The molecule has 1 aliphatic heterocycles. The average molecular weight is 720 g/mol. The normalized spacial score (nSPS) is 15.4. The molecule has 4 aromatic rings. The molecular formula is C38H48BBrN2O6. The number of alkyl carbamates (subject to hydrolysis) is 2. The first-order valence-electron chi connectivity index (χ1n) is 16.2. The van der Waals surface area contributed by atoms with Crippen molar-refractivity contribution in [3.05, 3.63) is 88.4 Å². The molecule has 48 heavy (non-hydrogen) atoms. The second kappa shape index (κ2) is 14.5. The predicted octanol–water partition coefficient (Wildman–Crippen LogP) is 8.79. The molecule has 1 aliphatic rings. The molecule has 0 unspecified atom stereocenters. The molecule has 0 aromatic heterocycles. The number of hydrogen-bond donors (Lipinski definition) is 2. The third kappa shape index (κ3) is 9.52. The Balaban J connectivity index is 0.000000229. The van der Waals surface area contributed by atoms with Gasteiger partial charge in [-0.3, -0.25) is 0 Å². The van der Waals surface area contributed by atoms with Crippen molar-refractivity contribution in [1.29, 1.82) is 0 Å². The lowest BCUT2D eigenvalue weighted by Crippen LogP contribution is -2.41. The Labute approximate surface area is 293 Å². The van der Waals surface area contributed by atoms with Crippen LogP contribution in [0.5, 0.6) is 0 Å². The smallest absolute Gasteiger partial charge is 0.444 e. The van der Waals surface area contributed by atoms with Crippen LogP contribution in [0.2, 0.25) is 0 Å². The maximum Gasteiger partial charge on any atom is 0.495 e. The summed E-state index contributed by atoms with van der Waals surface area (Å²) in [4.78, 5) is 23.7. The number of hydrogen-bond acceptors (Lipinski definition) is 6. The average Bonchev–Trinajstić information content (AvgIpc) is 3.20. The number of rotatable bonds is 5. The summed E-state index contributed by atoms with van der Waals surface area (Å²) in [6.07, 6.45) is -0.823. The number of nitrogens with one attached hydrogen (secondary N) is 2. The number of amides is 2. The minimum Gasteiger partial charge on any atom is -0.444 e. The number of carbonyl (C=O) groups excluding carboxylic acids is 2. The highest BCUT2D eigenvalue weighted by atomic mass is 79.9. The van der Waals surface area contributed by atoms with Gasteiger partial charge >= 0.3 is 19.3 Å². The molecule has 0 bridgehead atoms. The molecule has 5 rings (SSSR count). The molecule has 0 atom stereocenters. The first kappa shape index (κ1) is 37.2. The molecule has 10 heteroatoms. The van der Waals surface area contributed by atoms with Crippen LogP contribution in [0.1, 0.15) is 80.4 Å². The topological polar surface area (TPSA) is 95.1 Å². The number of fused-ring (bicyclic) bond motifs is 2. The lowest BCUT2D eigenvalue weighted by Gasteiger charge is -2.32. The minimum atomic E-state index is -0.521. The molecule has 4 aromatic carbocycles. The molecular weight excluding hydrogens is 671 g/mol. The van der Waals surface area contributed by atoms with Gasteiger partial charge in [0, 0.05) is 17.6 Å². The first-order valence-corrected chi connectivity index (χ1v) is 17.0. The standard InChI is InChI=1S/C22H30BNO4.C16H18BrNO2/c1-20(2,3)26-19(25)24-14-15-12-13-18(17-11-9-8-10-16(15)17)23-27-21(4,5)22(6,7)28-23;1-16(2,3)20-15(19)18-10-11-8-9-14(17)13-7-5-4-6-12(11)13/h8-13H,14H2,1-7H3,(H,24,25);4-9H,10H2,1-3H3,(H,18,19).